The van der Waals surface area contributed by atoms with Crippen LogP contribution in [0.15, 0.2) is 48.5 Å². The van der Waals surface area contributed by atoms with Crippen molar-refractivity contribution in [1.82, 2.24) is 0 Å². The smallest absolute Gasteiger partial charge is 0.256 e. The predicted octanol–water partition coefficient (Wildman–Crippen LogP) is 3.08. The number of amides is 1. The molecule has 0 radical (unpaired) electrons. The zero-order chi connectivity index (χ0) is 14.7. The fourth-order valence-corrected chi connectivity index (χ4v) is 2.28. The summed E-state index contributed by atoms with van der Waals surface area (Å²) in [6.07, 6.45) is 1.79. The number of anilines is 1. The van der Waals surface area contributed by atoms with Gasteiger partial charge in [-0.15, -0.1) is 0 Å². The Morgan fingerprint density at radius 3 is 2.76 bits per heavy atom. The molecule has 0 aliphatic carbocycles. The summed E-state index contributed by atoms with van der Waals surface area (Å²) >= 11 is 0. The quantitative estimate of drug-likeness (QED) is 0.876. The average molecular weight is 276 g/mol. The van der Waals surface area contributed by atoms with E-state index in [0.29, 0.717) is 11.3 Å². The van der Waals surface area contributed by atoms with Crippen molar-refractivity contribution in [3.63, 3.8) is 0 Å². The van der Waals surface area contributed by atoms with Crippen molar-refractivity contribution in [2.45, 2.75) is 0 Å². The van der Waals surface area contributed by atoms with Crippen LogP contribution in [0.3, 0.4) is 0 Å². The number of nitrogens with one attached hydrogen (secondary N) is 1. The number of ether oxygens (including phenoxy) is 1. The molecule has 1 heterocycles. The van der Waals surface area contributed by atoms with Crippen LogP contribution < -0.4 is 10.1 Å². The van der Waals surface area contributed by atoms with Gasteiger partial charge in [-0.1, -0.05) is 36.4 Å². The van der Waals surface area contributed by atoms with Gasteiger partial charge in [0, 0.05) is 22.4 Å². The van der Waals surface area contributed by atoms with E-state index in [0.717, 1.165) is 16.8 Å². The second-order valence-corrected chi connectivity index (χ2v) is 4.54. The van der Waals surface area contributed by atoms with Gasteiger partial charge in [-0.2, -0.15) is 5.26 Å². The lowest BCUT2D eigenvalue weighted by Crippen LogP contribution is -2.03. The first-order valence-corrected chi connectivity index (χ1v) is 6.51. The Balaban J connectivity index is 2.03. The Morgan fingerprint density at radius 2 is 1.90 bits per heavy atom. The third-order valence-corrected chi connectivity index (χ3v) is 3.22. The summed E-state index contributed by atoms with van der Waals surface area (Å²) < 4.78 is 5.38. The van der Waals surface area contributed by atoms with Gasteiger partial charge in [-0.25, -0.2) is 0 Å². The molecule has 0 unspecified atom stereocenters. The lowest BCUT2D eigenvalue weighted by molar-refractivity contribution is -0.110. The number of fused-ring (bicyclic) bond motifs is 1. The van der Waals surface area contributed by atoms with Crippen molar-refractivity contribution in [3.8, 4) is 11.8 Å². The van der Waals surface area contributed by atoms with Gasteiger partial charge < -0.3 is 10.1 Å². The summed E-state index contributed by atoms with van der Waals surface area (Å²) in [6.45, 7) is -0.0248. The molecular formula is C17H12N2O2. The Morgan fingerprint density at radius 1 is 1.14 bits per heavy atom. The summed E-state index contributed by atoms with van der Waals surface area (Å²) in [7, 11) is 0. The number of rotatable bonds is 3. The second-order valence-electron chi connectivity index (χ2n) is 4.54. The van der Waals surface area contributed by atoms with Gasteiger partial charge >= 0.3 is 0 Å². The zero-order valence-corrected chi connectivity index (χ0v) is 11.2. The first-order valence-electron chi connectivity index (χ1n) is 6.51. The molecule has 0 bridgehead atoms. The van der Waals surface area contributed by atoms with E-state index >= 15 is 0 Å². The highest BCUT2D eigenvalue weighted by molar-refractivity contribution is 6.35. The van der Waals surface area contributed by atoms with Crippen LogP contribution in [0.4, 0.5) is 5.69 Å². The third-order valence-electron chi connectivity index (χ3n) is 3.22. The normalized spacial score (nSPS) is 14.4. The van der Waals surface area contributed by atoms with E-state index in [9.17, 15) is 4.79 Å². The van der Waals surface area contributed by atoms with E-state index in [1.165, 1.54) is 0 Å². The molecule has 1 aliphatic heterocycles. The van der Waals surface area contributed by atoms with E-state index in [-0.39, 0.29) is 12.5 Å². The van der Waals surface area contributed by atoms with Crippen LogP contribution in [0.5, 0.6) is 5.75 Å². The summed E-state index contributed by atoms with van der Waals surface area (Å²) in [5.41, 5.74) is 3.05. The molecule has 4 nitrogen and oxygen atoms in total. The number of para-hydroxylation sites is 2. The van der Waals surface area contributed by atoms with Gasteiger partial charge in [0.2, 0.25) is 0 Å². The molecule has 1 amide bonds. The van der Waals surface area contributed by atoms with Crippen molar-refractivity contribution >= 4 is 23.2 Å². The van der Waals surface area contributed by atoms with Crippen molar-refractivity contribution in [2.75, 3.05) is 11.9 Å². The van der Waals surface area contributed by atoms with Gasteiger partial charge in [-0.3, -0.25) is 4.79 Å². The van der Waals surface area contributed by atoms with Gasteiger partial charge in [0.15, 0.2) is 6.61 Å². The highest BCUT2D eigenvalue weighted by Gasteiger charge is 2.23. The monoisotopic (exact) mass is 276 g/mol. The molecule has 0 saturated heterocycles. The zero-order valence-electron chi connectivity index (χ0n) is 11.2. The van der Waals surface area contributed by atoms with E-state index in [1.54, 1.807) is 12.1 Å². The molecule has 1 N–H and O–H groups in total. The Labute approximate surface area is 122 Å². The lowest BCUT2D eigenvalue weighted by Gasteiger charge is -2.06. The van der Waals surface area contributed by atoms with Gasteiger partial charge in [0.1, 0.15) is 11.8 Å². The molecule has 21 heavy (non-hydrogen) atoms. The maximum atomic E-state index is 12.1. The van der Waals surface area contributed by atoms with Crippen molar-refractivity contribution in [3.05, 3.63) is 59.7 Å². The molecule has 0 spiro atoms. The summed E-state index contributed by atoms with van der Waals surface area (Å²) in [5.74, 6) is 0.454. The highest BCUT2D eigenvalue weighted by Crippen LogP contribution is 2.34. The molecule has 1 aliphatic rings. The molecule has 0 atom stereocenters. The molecule has 0 aromatic heterocycles. The SMILES string of the molecule is N#CCOc1ccccc1/C=C1/C(=O)Nc2ccccc21. The largest absolute Gasteiger partial charge is 0.478 e. The summed E-state index contributed by atoms with van der Waals surface area (Å²) in [4.78, 5) is 12.1. The van der Waals surface area contributed by atoms with E-state index < -0.39 is 0 Å². The van der Waals surface area contributed by atoms with Crippen LogP contribution in [0.25, 0.3) is 11.6 Å². The topological polar surface area (TPSA) is 62.1 Å². The Kier molecular flexibility index (Phi) is 3.40. The van der Waals surface area contributed by atoms with Crippen LogP contribution in [0, 0.1) is 11.3 Å². The summed E-state index contributed by atoms with van der Waals surface area (Å²) in [6, 6.07) is 16.8. The van der Waals surface area contributed by atoms with E-state index in [2.05, 4.69) is 5.32 Å². The van der Waals surface area contributed by atoms with Crippen molar-refractivity contribution in [1.29, 1.82) is 5.26 Å². The van der Waals surface area contributed by atoms with E-state index in [1.807, 2.05) is 48.5 Å². The third kappa shape index (κ3) is 2.49. The lowest BCUT2D eigenvalue weighted by atomic mass is 10.0. The number of hydrogen-bond donors (Lipinski definition) is 1. The number of hydrogen-bond acceptors (Lipinski definition) is 3. The van der Waals surface area contributed by atoms with Gasteiger partial charge in [0.05, 0.1) is 0 Å². The van der Waals surface area contributed by atoms with Crippen LogP contribution in [-0.4, -0.2) is 12.5 Å². The van der Waals surface area contributed by atoms with Crippen molar-refractivity contribution < 1.29 is 9.53 Å². The number of carbonyl (C=O) groups is 1. The highest BCUT2D eigenvalue weighted by atomic mass is 16.5. The van der Waals surface area contributed by atoms with Crippen molar-refractivity contribution in [2.24, 2.45) is 0 Å². The molecule has 2 aromatic carbocycles. The predicted molar refractivity (Wildman–Crippen MR) is 80.5 cm³/mol. The molecule has 0 saturated carbocycles. The standard InChI is InChI=1S/C17H12N2O2/c18-9-10-21-16-8-4-1-5-12(16)11-14-13-6-2-3-7-15(13)19-17(14)20/h1-8,11H,10H2,(H,19,20)/b14-11+. The van der Waals surface area contributed by atoms with Crippen LogP contribution >= 0.6 is 0 Å². The molecule has 4 heteroatoms. The number of nitriles is 1. The minimum absolute atomic E-state index is 0.0248. The Bertz CT molecular complexity index is 772. The van der Waals surface area contributed by atoms with Gasteiger partial charge in [-0.05, 0) is 18.2 Å². The number of carbonyl (C=O) groups excluding carboxylic acids is 1. The fourth-order valence-electron chi connectivity index (χ4n) is 2.28. The molecular weight excluding hydrogens is 264 g/mol. The second kappa shape index (κ2) is 5.51. The Hall–Kier alpha value is -3.06. The van der Waals surface area contributed by atoms with E-state index in [4.69, 9.17) is 10.00 Å². The summed E-state index contributed by atoms with van der Waals surface area (Å²) in [5, 5.41) is 11.5. The maximum Gasteiger partial charge on any atom is 0.256 e. The first kappa shape index (κ1) is 12.9. The number of benzene rings is 2. The first-order chi connectivity index (χ1) is 10.3. The number of nitrogens with zero attached hydrogens (tertiary/aromatic N) is 1. The van der Waals surface area contributed by atoms with Crippen LogP contribution in [0.1, 0.15) is 11.1 Å². The molecule has 2 aromatic rings. The average Bonchev–Trinajstić information content (AvgIpc) is 2.82. The minimum atomic E-state index is -0.133. The molecule has 0 fully saturated rings. The van der Waals surface area contributed by atoms with Crippen LogP contribution in [-0.2, 0) is 4.79 Å². The molecule has 3 rings (SSSR count). The fraction of sp³-hybridized carbons (Fsp3) is 0.0588. The maximum absolute atomic E-state index is 12.1. The van der Waals surface area contributed by atoms with Gasteiger partial charge in [0.25, 0.3) is 5.91 Å². The minimum Gasteiger partial charge on any atom is -0.478 e. The molecule has 102 valence electrons. The van der Waals surface area contributed by atoms with Crippen LogP contribution in [0.2, 0.25) is 0 Å².